The van der Waals surface area contributed by atoms with Gasteiger partial charge in [-0.15, -0.1) is 0 Å². The van der Waals surface area contributed by atoms with Gasteiger partial charge in [0.2, 0.25) is 0 Å². The molecule has 0 unspecified atom stereocenters. The van der Waals surface area contributed by atoms with E-state index in [9.17, 15) is 4.79 Å². The van der Waals surface area contributed by atoms with Crippen molar-refractivity contribution in [3.63, 3.8) is 0 Å². The fourth-order valence-electron chi connectivity index (χ4n) is 1.81. The van der Waals surface area contributed by atoms with Crippen LogP contribution in [0.3, 0.4) is 0 Å². The molecule has 19 heavy (non-hydrogen) atoms. The first kappa shape index (κ1) is 11.3. The van der Waals surface area contributed by atoms with E-state index < -0.39 is 0 Å². The largest absolute Gasteiger partial charge is 0.324 e. The summed E-state index contributed by atoms with van der Waals surface area (Å²) >= 11 is 0. The maximum Gasteiger partial charge on any atom is 0.255 e. The first-order valence-corrected chi connectivity index (χ1v) is 5.86. The lowest BCUT2D eigenvalue weighted by molar-refractivity contribution is 0.102. The second-order valence-electron chi connectivity index (χ2n) is 4.08. The lowest BCUT2D eigenvalue weighted by Crippen LogP contribution is -2.11. The van der Waals surface area contributed by atoms with E-state index in [4.69, 9.17) is 0 Å². The predicted molar refractivity (Wildman–Crippen MR) is 72.3 cm³/mol. The van der Waals surface area contributed by atoms with Gasteiger partial charge in [-0.2, -0.15) is 5.10 Å². The van der Waals surface area contributed by atoms with Crippen molar-refractivity contribution in [2.45, 2.75) is 0 Å². The number of anilines is 1. The van der Waals surface area contributed by atoms with E-state index in [1.807, 2.05) is 41.2 Å². The zero-order valence-electron chi connectivity index (χ0n) is 10.1. The number of carbonyl (C=O) groups excluding carboxylic acids is 1. The van der Waals surface area contributed by atoms with Gasteiger partial charge in [-0.1, -0.05) is 0 Å². The highest BCUT2D eigenvalue weighted by molar-refractivity contribution is 6.04. The van der Waals surface area contributed by atoms with Crippen LogP contribution in [0.5, 0.6) is 0 Å². The molecular formula is C14H12N4O. The van der Waals surface area contributed by atoms with Gasteiger partial charge >= 0.3 is 0 Å². The number of aromatic nitrogens is 3. The van der Waals surface area contributed by atoms with Crippen LogP contribution in [0.25, 0.3) is 5.69 Å². The molecule has 5 nitrogen and oxygen atoms in total. The van der Waals surface area contributed by atoms with Crippen molar-refractivity contribution in [1.82, 2.24) is 14.8 Å². The molecule has 2 heterocycles. The molecule has 0 bridgehead atoms. The lowest BCUT2D eigenvalue weighted by atomic mass is 10.2. The average molecular weight is 252 g/mol. The number of carbonyl (C=O) groups is 1. The van der Waals surface area contributed by atoms with Gasteiger partial charge in [0, 0.05) is 29.8 Å². The Kier molecular flexibility index (Phi) is 2.86. The highest BCUT2D eigenvalue weighted by Gasteiger charge is 2.06. The van der Waals surface area contributed by atoms with Gasteiger partial charge < -0.3 is 9.88 Å². The Hall–Kier alpha value is -2.82. The van der Waals surface area contributed by atoms with Gasteiger partial charge in [-0.25, -0.2) is 0 Å². The number of H-pyrrole nitrogens is 1. The maximum absolute atomic E-state index is 12.0. The van der Waals surface area contributed by atoms with E-state index in [1.165, 1.54) is 0 Å². The predicted octanol–water partition coefficient (Wildman–Crippen LogP) is 2.45. The van der Waals surface area contributed by atoms with E-state index in [-0.39, 0.29) is 5.91 Å². The number of nitrogens with zero attached hydrogens (tertiary/aromatic N) is 2. The SMILES string of the molecule is O=C(Nc1cn[nH]c1)c1ccc(-n2cccc2)cc1. The third kappa shape index (κ3) is 2.40. The molecule has 0 aliphatic carbocycles. The fourth-order valence-corrected chi connectivity index (χ4v) is 1.81. The molecule has 1 aromatic carbocycles. The van der Waals surface area contributed by atoms with Gasteiger partial charge in [0.1, 0.15) is 0 Å². The van der Waals surface area contributed by atoms with E-state index in [0.717, 1.165) is 5.69 Å². The van der Waals surface area contributed by atoms with Gasteiger partial charge in [-0.05, 0) is 36.4 Å². The Bertz CT molecular complexity index is 654. The maximum atomic E-state index is 12.0. The first-order chi connectivity index (χ1) is 9.33. The van der Waals surface area contributed by atoms with Gasteiger partial charge in [0.05, 0.1) is 11.9 Å². The third-order valence-electron chi connectivity index (χ3n) is 2.79. The summed E-state index contributed by atoms with van der Waals surface area (Å²) in [5.74, 6) is -0.152. The molecule has 0 aliphatic heterocycles. The number of hydrogen-bond acceptors (Lipinski definition) is 2. The summed E-state index contributed by atoms with van der Waals surface area (Å²) in [5.41, 5.74) is 2.28. The Morgan fingerprint density at radius 1 is 1.16 bits per heavy atom. The van der Waals surface area contributed by atoms with Crippen molar-refractivity contribution in [2.75, 3.05) is 5.32 Å². The Morgan fingerprint density at radius 3 is 2.53 bits per heavy atom. The molecule has 0 saturated carbocycles. The molecular weight excluding hydrogens is 240 g/mol. The molecule has 2 aromatic heterocycles. The third-order valence-corrected chi connectivity index (χ3v) is 2.79. The molecule has 0 spiro atoms. The summed E-state index contributed by atoms with van der Waals surface area (Å²) < 4.78 is 1.98. The van der Waals surface area contributed by atoms with Crippen LogP contribution in [-0.4, -0.2) is 20.7 Å². The second-order valence-corrected chi connectivity index (χ2v) is 4.08. The van der Waals surface area contributed by atoms with Crippen LogP contribution >= 0.6 is 0 Å². The molecule has 2 N–H and O–H groups in total. The van der Waals surface area contributed by atoms with E-state index in [1.54, 1.807) is 24.5 Å². The molecule has 0 atom stereocenters. The van der Waals surface area contributed by atoms with Crippen LogP contribution in [0.15, 0.2) is 61.2 Å². The fraction of sp³-hybridized carbons (Fsp3) is 0. The van der Waals surface area contributed by atoms with Crippen LogP contribution < -0.4 is 5.32 Å². The highest BCUT2D eigenvalue weighted by Crippen LogP contribution is 2.11. The van der Waals surface area contributed by atoms with Crippen molar-refractivity contribution in [1.29, 1.82) is 0 Å². The number of benzene rings is 1. The number of aromatic amines is 1. The summed E-state index contributed by atoms with van der Waals surface area (Å²) in [7, 11) is 0. The molecule has 0 saturated heterocycles. The second kappa shape index (κ2) is 4.81. The lowest BCUT2D eigenvalue weighted by Gasteiger charge is -2.05. The Labute approximate surface area is 109 Å². The highest BCUT2D eigenvalue weighted by atomic mass is 16.1. The average Bonchev–Trinajstić information content (AvgIpc) is 3.12. The standard InChI is InChI=1S/C14H12N4O/c19-14(17-12-9-15-16-10-12)11-3-5-13(6-4-11)18-7-1-2-8-18/h1-10H,(H,15,16)(H,17,19). The summed E-state index contributed by atoms with van der Waals surface area (Å²) in [6, 6.07) is 11.3. The number of amides is 1. The molecule has 94 valence electrons. The monoisotopic (exact) mass is 252 g/mol. The van der Waals surface area contributed by atoms with Crippen molar-refractivity contribution in [3.8, 4) is 5.69 Å². The summed E-state index contributed by atoms with van der Waals surface area (Å²) in [6.07, 6.45) is 7.11. The molecule has 0 aliphatic rings. The molecule has 1 amide bonds. The first-order valence-electron chi connectivity index (χ1n) is 5.86. The van der Waals surface area contributed by atoms with Crippen molar-refractivity contribution < 1.29 is 4.79 Å². The summed E-state index contributed by atoms with van der Waals surface area (Å²) in [5, 5.41) is 9.17. The molecule has 5 heteroatoms. The number of nitrogens with one attached hydrogen (secondary N) is 2. The van der Waals surface area contributed by atoms with Crippen LogP contribution in [0, 0.1) is 0 Å². The zero-order chi connectivity index (χ0) is 13.1. The number of rotatable bonds is 3. The minimum atomic E-state index is -0.152. The number of hydrogen-bond donors (Lipinski definition) is 2. The zero-order valence-corrected chi connectivity index (χ0v) is 10.1. The van der Waals surface area contributed by atoms with Crippen LogP contribution in [0.4, 0.5) is 5.69 Å². The minimum absolute atomic E-state index is 0.152. The minimum Gasteiger partial charge on any atom is -0.324 e. The van der Waals surface area contributed by atoms with Crippen molar-refractivity contribution >= 4 is 11.6 Å². The molecule has 3 rings (SSSR count). The Balaban J connectivity index is 1.77. The molecule has 0 fully saturated rings. The quantitative estimate of drug-likeness (QED) is 0.752. The van der Waals surface area contributed by atoms with E-state index in [2.05, 4.69) is 15.5 Å². The Morgan fingerprint density at radius 2 is 1.89 bits per heavy atom. The van der Waals surface area contributed by atoms with E-state index in [0.29, 0.717) is 11.3 Å². The van der Waals surface area contributed by atoms with E-state index >= 15 is 0 Å². The van der Waals surface area contributed by atoms with Crippen LogP contribution in [0.2, 0.25) is 0 Å². The van der Waals surface area contributed by atoms with Crippen LogP contribution in [0.1, 0.15) is 10.4 Å². The normalized spacial score (nSPS) is 10.3. The molecule has 0 radical (unpaired) electrons. The summed E-state index contributed by atoms with van der Waals surface area (Å²) in [4.78, 5) is 12.0. The van der Waals surface area contributed by atoms with Gasteiger partial charge in [-0.3, -0.25) is 9.89 Å². The van der Waals surface area contributed by atoms with Crippen molar-refractivity contribution in [2.24, 2.45) is 0 Å². The smallest absolute Gasteiger partial charge is 0.255 e. The van der Waals surface area contributed by atoms with Gasteiger partial charge in [0.15, 0.2) is 0 Å². The topological polar surface area (TPSA) is 62.7 Å². The van der Waals surface area contributed by atoms with Crippen LogP contribution in [-0.2, 0) is 0 Å². The summed E-state index contributed by atoms with van der Waals surface area (Å²) in [6.45, 7) is 0. The van der Waals surface area contributed by atoms with Gasteiger partial charge in [0.25, 0.3) is 5.91 Å². The molecule has 3 aromatic rings. The van der Waals surface area contributed by atoms with Crippen molar-refractivity contribution in [3.05, 3.63) is 66.7 Å².